The van der Waals surface area contributed by atoms with Gasteiger partial charge in [-0.05, 0) is 24.1 Å². The Morgan fingerprint density at radius 2 is 1.83 bits per heavy atom. The molecule has 3 aromatic rings. The van der Waals surface area contributed by atoms with Crippen molar-refractivity contribution in [1.29, 1.82) is 0 Å². The van der Waals surface area contributed by atoms with E-state index < -0.39 is 45.9 Å². The third kappa shape index (κ3) is 6.04. The molecule has 2 heterocycles. The van der Waals surface area contributed by atoms with E-state index in [0.29, 0.717) is 11.8 Å². The number of hydrogen-bond acceptors (Lipinski definition) is 4. The lowest BCUT2D eigenvalue weighted by Gasteiger charge is -2.19. The molecule has 180 valence electrons. The highest BCUT2D eigenvalue weighted by Gasteiger charge is 2.39. The zero-order valence-electron chi connectivity index (χ0n) is 17.9. The Morgan fingerprint density at radius 1 is 1.14 bits per heavy atom. The number of anilines is 2. The Balaban J connectivity index is 1.94. The summed E-state index contributed by atoms with van der Waals surface area (Å²) in [4.78, 5) is 41.6. The Kier molecular flexibility index (Phi) is 7.56. The molecule has 0 atom stereocenters. The summed E-state index contributed by atoms with van der Waals surface area (Å²) in [6.07, 6.45) is -5.24. The fourth-order valence-electron chi connectivity index (χ4n) is 2.86. The van der Waals surface area contributed by atoms with E-state index in [2.05, 4.69) is 16.8 Å². The summed E-state index contributed by atoms with van der Waals surface area (Å²) in [5.41, 5.74) is -1.13. The van der Waals surface area contributed by atoms with Crippen LogP contribution in [0.1, 0.15) is 16.2 Å². The van der Waals surface area contributed by atoms with Crippen LogP contribution in [0.15, 0.2) is 59.4 Å². The molecule has 1 aromatic carbocycles. The molecule has 2 amide bonds. The minimum atomic E-state index is -5.24. The number of nitrogens with one attached hydrogen (secondary N) is 1. The molecule has 0 radical (unpaired) electrons. The first-order valence-corrected chi connectivity index (χ1v) is 10.1. The maximum Gasteiger partial charge on any atom is 0.471 e. The van der Waals surface area contributed by atoms with Gasteiger partial charge in [0.05, 0.1) is 12.2 Å². The van der Waals surface area contributed by atoms with Gasteiger partial charge in [0.2, 0.25) is 0 Å². The van der Waals surface area contributed by atoms with Gasteiger partial charge in [-0.25, -0.2) is 9.37 Å². The van der Waals surface area contributed by atoms with Crippen molar-refractivity contribution < 1.29 is 27.2 Å². The van der Waals surface area contributed by atoms with Gasteiger partial charge in [0.15, 0.2) is 11.0 Å². The van der Waals surface area contributed by atoms with Gasteiger partial charge in [-0.15, -0.1) is 0 Å². The molecule has 2 aromatic heterocycles. The van der Waals surface area contributed by atoms with Crippen LogP contribution < -0.4 is 15.8 Å². The maximum absolute atomic E-state index is 13.7. The predicted octanol–water partition coefficient (Wildman–Crippen LogP) is 3.86. The lowest BCUT2D eigenvalue weighted by molar-refractivity contribution is -0.167. The topological polar surface area (TPSA) is 84.3 Å². The summed E-state index contributed by atoms with van der Waals surface area (Å²) in [7, 11) is 1.52. The van der Waals surface area contributed by atoms with Crippen molar-refractivity contribution in [1.82, 2.24) is 9.55 Å². The number of para-hydroxylation sites is 1. The largest absolute Gasteiger partial charge is 0.471 e. The molecule has 0 aliphatic rings. The maximum atomic E-state index is 13.7. The molecule has 0 saturated heterocycles. The molecule has 35 heavy (non-hydrogen) atoms. The number of alkyl halides is 3. The summed E-state index contributed by atoms with van der Waals surface area (Å²) < 4.78 is 52.6. The Labute approximate surface area is 201 Å². The summed E-state index contributed by atoms with van der Waals surface area (Å²) in [6.45, 7) is -0.368. The van der Waals surface area contributed by atoms with E-state index in [1.807, 2.05) is 0 Å². The average molecular weight is 507 g/mol. The van der Waals surface area contributed by atoms with Crippen molar-refractivity contribution in [3.05, 3.63) is 87.3 Å². The lowest BCUT2D eigenvalue weighted by atomic mass is 10.2. The van der Waals surface area contributed by atoms with E-state index in [1.165, 1.54) is 35.5 Å². The van der Waals surface area contributed by atoms with Gasteiger partial charge in [0.25, 0.3) is 11.5 Å². The fourth-order valence-corrected chi connectivity index (χ4v) is 3.00. The first kappa shape index (κ1) is 25.5. The number of aromatic nitrogens is 2. The monoisotopic (exact) mass is 506 g/mol. The number of carbonyl (C=O) groups excluding carboxylic acids is 2. The summed E-state index contributed by atoms with van der Waals surface area (Å²) >= 11 is 5.60. The minimum absolute atomic E-state index is 0.00570. The Hall–Kier alpha value is -4.17. The molecule has 0 bridgehead atoms. The molecule has 0 unspecified atom stereocenters. The second-order valence-electron chi connectivity index (χ2n) is 6.95. The minimum Gasteiger partial charge on any atom is -0.316 e. The fraction of sp³-hybridized carbons (Fsp3) is 0.130. The van der Waals surface area contributed by atoms with Crippen LogP contribution in [0.25, 0.3) is 0 Å². The third-order valence-electron chi connectivity index (χ3n) is 4.60. The van der Waals surface area contributed by atoms with Gasteiger partial charge < -0.3 is 10.2 Å². The van der Waals surface area contributed by atoms with E-state index in [0.717, 1.165) is 4.57 Å². The molecule has 0 aliphatic heterocycles. The quantitative estimate of drug-likeness (QED) is 0.331. The highest BCUT2D eigenvalue weighted by molar-refractivity contribution is 6.29. The van der Waals surface area contributed by atoms with E-state index in [1.54, 1.807) is 30.3 Å². The molecular weight excluding hydrogens is 492 g/mol. The van der Waals surface area contributed by atoms with E-state index in [4.69, 9.17) is 11.6 Å². The van der Waals surface area contributed by atoms with Crippen molar-refractivity contribution in [2.24, 2.45) is 0 Å². The summed E-state index contributed by atoms with van der Waals surface area (Å²) in [6, 6.07) is 13.2. The van der Waals surface area contributed by atoms with Crippen LogP contribution >= 0.6 is 11.6 Å². The number of amides is 2. The van der Waals surface area contributed by atoms with E-state index in [-0.39, 0.29) is 12.2 Å². The highest BCUT2D eigenvalue weighted by atomic mass is 35.5. The molecule has 0 saturated carbocycles. The molecule has 1 N–H and O–H groups in total. The van der Waals surface area contributed by atoms with Crippen LogP contribution in [-0.2, 0) is 11.3 Å². The van der Waals surface area contributed by atoms with Crippen molar-refractivity contribution >= 4 is 34.8 Å². The van der Waals surface area contributed by atoms with Gasteiger partial charge in [-0.2, -0.15) is 13.2 Å². The van der Waals surface area contributed by atoms with Crippen LogP contribution in [0, 0.1) is 17.7 Å². The second kappa shape index (κ2) is 10.4. The van der Waals surface area contributed by atoms with Crippen LogP contribution in [-0.4, -0.2) is 34.6 Å². The number of nitrogens with zero attached hydrogens (tertiary/aromatic N) is 3. The molecule has 0 spiro atoms. The van der Waals surface area contributed by atoms with Crippen molar-refractivity contribution in [2.45, 2.75) is 12.7 Å². The smallest absolute Gasteiger partial charge is 0.316 e. The SMILES string of the molecule is CN(C(=O)c1cccc(=O)n1CC#Cc1nc(Cl)c(F)cc1NC(=O)C(F)(F)F)c1ccccc1. The lowest BCUT2D eigenvalue weighted by Crippen LogP contribution is -2.33. The first-order chi connectivity index (χ1) is 16.5. The predicted molar refractivity (Wildman–Crippen MR) is 121 cm³/mol. The standard InChI is InChI=1S/C23H15ClF4N4O3/c1-31(14-7-3-2-4-8-14)21(34)18-10-5-11-19(33)32(18)12-6-9-16-17(13-15(25)20(24)29-16)30-22(35)23(26,27)28/h2-5,7-8,10-11,13H,12H2,1H3,(H,30,35). The Morgan fingerprint density at radius 3 is 2.49 bits per heavy atom. The molecule has 12 heteroatoms. The number of hydrogen-bond donors (Lipinski definition) is 1. The Bertz CT molecular complexity index is 1400. The van der Waals surface area contributed by atoms with Gasteiger partial charge in [0, 0.05) is 24.9 Å². The molecule has 0 aliphatic carbocycles. The zero-order valence-corrected chi connectivity index (χ0v) is 18.6. The number of benzene rings is 1. The first-order valence-electron chi connectivity index (χ1n) is 9.75. The molecule has 3 rings (SSSR count). The van der Waals surface area contributed by atoms with Crippen molar-refractivity contribution in [3.8, 4) is 11.8 Å². The molecular formula is C23H15ClF4N4O3. The van der Waals surface area contributed by atoms with Gasteiger partial charge in [0.1, 0.15) is 11.4 Å². The molecule has 7 nitrogen and oxygen atoms in total. The van der Waals surface area contributed by atoms with Crippen LogP contribution in [0.3, 0.4) is 0 Å². The van der Waals surface area contributed by atoms with Gasteiger partial charge in [-0.1, -0.05) is 41.8 Å². The number of carbonyl (C=O) groups is 2. The average Bonchev–Trinajstić information content (AvgIpc) is 2.82. The van der Waals surface area contributed by atoms with Crippen LogP contribution in [0.5, 0.6) is 0 Å². The van der Waals surface area contributed by atoms with Gasteiger partial charge in [-0.3, -0.25) is 19.0 Å². The number of rotatable bonds is 4. The second-order valence-corrected chi connectivity index (χ2v) is 7.30. The van der Waals surface area contributed by atoms with Crippen LogP contribution in [0.4, 0.5) is 28.9 Å². The zero-order chi connectivity index (χ0) is 25.8. The number of pyridine rings is 2. The highest BCUT2D eigenvalue weighted by Crippen LogP contribution is 2.23. The third-order valence-corrected chi connectivity index (χ3v) is 4.86. The summed E-state index contributed by atoms with van der Waals surface area (Å²) in [5.74, 6) is 0.807. The van der Waals surface area contributed by atoms with Gasteiger partial charge >= 0.3 is 12.1 Å². The van der Waals surface area contributed by atoms with Crippen molar-refractivity contribution in [2.75, 3.05) is 17.3 Å². The number of halogens is 5. The van der Waals surface area contributed by atoms with E-state index >= 15 is 0 Å². The van der Waals surface area contributed by atoms with Crippen molar-refractivity contribution in [3.63, 3.8) is 0 Å². The normalized spacial score (nSPS) is 10.8. The molecule has 0 fully saturated rings. The van der Waals surface area contributed by atoms with Crippen LogP contribution in [0.2, 0.25) is 5.15 Å². The van der Waals surface area contributed by atoms with E-state index in [9.17, 15) is 31.9 Å². The summed E-state index contributed by atoms with van der Waals surface area (Å²) in [5, 5.41) is 0.801.